The maximum Gasteiger partial charge on any atom is 0.0823 e. The molecule has 0 fully saturated rings. The smallest absolute Gasteiger partial charge is 0.0823 e. The van der Waals surface area contributed by atoms with Gasteiger partial charge >= 0.3 is 0 Å². The maximum atomic E-state index is 6.07. The molecule has 0 radical (unpaired) electrons. The second-order valence-corrected chi connectivity index (χ2v) is 4.51. The molecule has 0 unspecified atom stereocenters. The Morgan fingerprint density at radius 2 is 2.12 bits per heavy atom. The summed E-state index contributed by atoms with van der Waals surface area (Å²) in [5, 5.41) is 8.51. The van der Waals surface area contributed by atoms with Crippen LogP contribution in [0.15, 0.2) is 30.5 Å². The number of benzene rings is 1. The predicted molar refractivity (Wildman–Crippen MR) is 71.9 cm³/mol. The van der Waals surface area contributed by atoms with Crippen molar-refractivity contribution in [3.63, 3.8) is 0 Å². The Labute approximate surface area is 110 Å². The van der Waals surface area contributed by atoms with Crippen LogP contribution in [0.5, 0.6) is 0 Å². The van der Waals surface area contributed by atoms with Crippen LogP contribution in [0.1, 0.15) is 5.69 Å². The highest BCUT2D eigenvalue weighted by molar-refractivity contribution is 6.43. The molecule has 0 atom stereocenters. The van der Waals surface area contributed by atoms with Gasteiger partial charge in [-0.1, -0.05) is 29.3 Å². The first-order chi connectivity index (χ1) is 8.18. The van der Waals surface area contributed by atoms with Crippen LogP contribution in [0.2, 0.25) is 10.0 Å². The molecule has 0 aliphatic carbocycles. The highest BCUT2D eigenvalue weighted by Crippen LogP contribution is 2.29. The second-order valence-electron chi connectivity index (χ2n) is 3.72. The monoisotopic (exact) mass is 269 g/mol. The number of nitrogens with one attached hydrogen (secondary N) is 1. The molecule has 0 saturated carbocycles. The maximum absolute atomic E-state index is 6.07. The third-order valence-corrected chi connectivity index (χ3v) is 3.39. The number of hydrogen-bond acceptors (Lipinski definition) is 2. The Kier molecular flexibility index (Phi) is 3.92. The molecule has 2 rings (SSSR count). The van der Waals surface area contributed by atoms with E-state index in [2.05, 4.69) is 10.4 Å². The van der Waals surface area contributed by atoms with Gasteiger partial charge in [0.2, 0.25) is 0 Å². The number of aryl methyl sites for hydroxylation is 1. The lowest BCUT2D eigenvalue weighted by molar-refractivity contribution is 0.711. The van der Waals surface area contributed by atoms with E-state index in [0.29, 0.717) is 10.0 Å². The predicted octanol–water partition coefficient (Wildman–Crippen LogP) is 3.38. The van der Waals surface area contributed by atoms with E-state index in [0.717, 1.165) is 18.7 Å². The first kappa shape index (κ1) is 12.3. The first-order valence-corrected chi connectivity index (χ1v) is 6.09. The van der Waals surface area contributed by atoms with Crippen LogP contribution < -0.4 is 5.32 Å². The molecule has 0 saturated heterocycles. The Morgan fingerprint density at radius 3 is 2.82 bits per heavy atom. The molecule has 0 aliphatic heterocycles. The molecular weight excluding hydrogens is 257 g/mol. The third kappa shape index (κ3) is 2.93. The largest absolute Gasteiger partial charge is 0.383 e. The summed E-state index contributed by atoms with van der Waals surface area (Å²) in [4.78, 5) is 0. The van der Waals surface area contributed by atoms with Gasteiger partial charge in [0, 0.05) is 31.9 Å². The summed E-state index contributed by atoms with van der Waals surface area (Å²) in [5.41, 5.74) is 2.04. The molecule has 1 aromatic heterocycles. The summed E-state index contributed by atoms with van der Waals surface area (Å²) in [5.74, 6) is 0. The molecule has 0 aliphatic rings. The lowest BCUT2D eigenvalue weighted by atomic mass is 10.2. The lowest BCUT2D eigenvalue weighted by Crippen LogP contribution is -2.08. The molecule has 1 N–H and O–H groups in total. The van der Waals surface area contributed by atoms with Crippen molar-refractivity contribution >= 4 is 28.9 Å². The molecule has 5 heteroatoms. The quantitative estimate of drug-likeness (QED) is 0.923. The fraction of sp³-hybridized carbons (Fsp3) is 0.250. The van der Waals surface area contributed by atoms with E-state index >= 15 is 0 Å². The number of aromatic nitrogens is 2. The summed E-state index contributed by atoms with van der Waals surface area (Å²) < 4.78 is 1.86. The minimum Gasteiger partial charge on any atom is -0.383 e. The van der Waals surface area contributed by atoms with Gasteiger partial charge in [0.25, 0.3) is 0 Å². The average molecular weight is 270 g/mol. The van der Waals surface area contributed by atoms with Gasteiger partial charge in [0.15, 0.2) is 0 Å². The standard InChI is InChI=1S/C12H13Cl2N3/c1-17-9(6-8-16-17)5-7-15-11-4-2-3-10(13)12(11)14/h2-4,6,8,15H,5,7H2,1H3. The summed E-state index contributed by atoms with van der Waals surface area (Å²) in [7, 11) is 1.93. The van der Waals surface area contributed by atoms with Gasteiger partial charge in [-0.05, 0) is 18.2 Å². The second kappa shape index (κ2) is 5.43. The van der Waals surface area contributed by atoms with Crippen LogP contribution in [0, 0.1) is 0 Å². The van der Waals surface area contributed by atoms with Crippen LogP contribution >= 0.6 is 23.2 Å². The first-order valence-electron chi connectivity index (χ1n) is 5.33. The van der Waals surface area contributed by atoms with E-state index in [9.17, 15) is 0 Å². The highest BCUT2D eigenvalue weighted by atomic mass is 35.5. The lowest BCUT2D eigenvalue weighted by Gasteiger charge is -2.09. The van der Waals surface area contributed by atoms with E-state index in [1.165, 1.54) is 5.69 Å². The third-order valence-electron chi connectivity index (χ3n) is 2.57. The van der Waals surface area contributed by atoms with Crippen molar-refractivity contribution in [2.45, 2.75) is 6.42 Å². The molecule has 1 heterocycles. The summed E-state index contributed by atoms with van der Waals surface area (Å²) in [6.07, 6.45) is 2.68. The molecule has 0 spiro atoms. The number of halogens is 2. The minimum atomic E-state index is 0.567. The number of rotatable bonds is 4. The number of anilines is 1. The molecule has 3 nitrogen and oxygen atoms in total. The Bertz CT molecular complexity index is 508. The summed E-state index contributed by atoms with van der Waals surface area (Å²) >= 11 is 12.0. The van der Waals surface area contributed by atoms with Gasteiger partial charge in [0.05, 0.1) is 15.7 Å². The SMILES string of the molecule is Cn1nccc1CCNc1cccc(Cl)c1Cl. The minimum absolute atomic E-state index is 0.567. The zero-order chi connectivity index (χ0) is 12.3. The fourth-order valence-electron chi connectivity index (χ4n) is 1.61. The highest BCUT2D eigenvalue weighted by Gasteiger charge is 2.04. The van der Waals surface area contributed by atoms with Crippen LogP contribution in [-0.4, -0.2) is 16.3 Å². The van der Waals surface area contributed by atoms with Crippen LogP contribution in [0.25, 0.3) is 0 Å². The Morgan fingerprint density at radius 1 is 1.29 bits per heavy atom. The van der Waals surface area contributed by atoms with E-state index in [1.807, 2.05) is 29.9 Å². The van der Waals surface area contributed by atoms with E-state index in [1.54, 1.807) is 12.3 Å². The van der Waals surface area contributed by atoms with E-state index in [-0.39, 0.29) is 0 Å². The molecule has 90 valence electrons. The fourth-order valence-corrected chi connectivity index (χ4v) is 1.98. The molecule has 0 bridgehead atoms. The van der Waals surface area contributed by atoms with Gasteiger partial charge in [-0.25, -0.2) is 0 Å². The molecule has 17 heavy (non-hydrogen) atoms. The summed E-state index contributed by atoms with van der Waals surface area (Å²) in [6, 6.07) is 7.56. The van der Waals surface area contributed by atoms with Gasteiger partial charge in [-0.15, -0.1) is 0 Å². The zero-order valence-electron chi connectivity index (χ0n) is 9.45. The Hall–Kier alpha value is -1.19. The van der Waals surface area contributed by atoms with Crippen molar-refractivity contribution in [2.75, 3.05) is 11.9 Å². The number of nitrogens with zero attached hydrogens (tertiary/aromatic N) is 2. The van der Waals surface area contributed by atoms with Gasteiger partial charge in [0.1, 0.15) is 0 Å². The van der Waals surface area contributed by atoms with Crippen molar-refractivity contribution in [3.8, 4) is 0 Å². The number of hydrogen-bond donors (Lipinski definition) is 1. The van der Waals surface area contributed by atoms with Gasteiger partial charge < -0.3 is 5.32 Å². The van der Waals surface area contributed by atoms with Crippen LogP contribution in [-0.2, 0) is 13.5 Å². The molecule has 1 aromatic carbocycles. The molecule has 0 amide bonds. The van der Waals surface area contributed by atoms with E-state index < -0.39 is 0 Å². The normalized spacial score (nSPS) is 10.5. The Balaban J connectivity index is 1.95. The van der Waals surface area contributed by atoms with Crippen LogP contribution in [0.4, 0.5) is 5.69 Å². The van der Waals surface area contributed by atoms with Crippen molar-refractivity contribution in [1.29, 1.82) is 0 Å². The summed E-state index contributed by atoms with van der Waals surface area (Å²) in [6.45, 7) is 0.791. The average Bonchev–Trinajstić information content (AvgIpc) is 2.71. The van der Waals surface area contributed by atoms with Crippen molar-refractivity contribution in [1.82, 2.24) is 9.78 Å². The van der Waals surface area contributed by atoms with Crippen molar-refractivity contribution in [3.05, 3.63) is 46.2 Å². The molecule has 2 aromatic rings. The zero-order valence-corrected chi connectivity index (χ0v) is 11.0. The van der Waals surface area contributed by atoms with Gasteiger partial charge in [-0.3, -0.25) is 4.68 Å². The van der Waals surface area contributed by atoms with Crippen LogP contribution in [0.3, 0.4) is 0 Å². The van der Waals surface area contributed by atoms with Crippen molar-refractivity contribution in [2.24, 2.45) is 7.05 Å². The topological polar surface area (TPSA) is 29.9 Å². The molecular formula is C12H13Cl2N3. The van der Waals surface area contributed by atoms with E-state index in [4.69, 9.17) is 23.2 Å². The van der Waals surface area contributed by atoms with Crippen molar-refractivity contribution < 1.29 is 0 Å². The van der Waals surface area contributed by atoms with Gasteiger partial charge in [-0.2, -0.15) is 5.10 Å².